The van der Waals surface area contributed by atoms with Crippen molar-refractivity contribution in [2.45, 2.75) is 31.6 Å². The Morgan fingerprint density at radius 3 is 2.82 bits per heavy atom. The lowest BCUT2D eigenvalue weighted by molar-refractivity contribution is 0.696. The van der Waals surface area contributed by atoms with Crippen LogP contribution in [0, 0.1) is 0 Å². The topological polar surface area (TPSA) is 63.8 Å². The van der Waals surface area contributed by atoms with Crippen molar-refractivity contribution in [1.29, 1.82) is 0 Å². The molecule has 4 nitrogen and oxygen atoms in total. The van der Waals surface area contributed by atoms with Crippen LogP contribution < -0.4 is 11.1 Å². The molecule has 3 rings (SSSR count). The predicted octanol–water partition coefficient (Wildman–Crippen LogP) is 3.83. The Morgan fingerprint density at radius 2 is 2.09 bits per heavy atom. The molecule has 2 aromatic rings. The highest BCUT2D eigenvalue weighted by Crippen LogP contribution is 2.37. The number of anilines is 1. The van der Waals surface area contributed by atoms with Crippen molar-refractivity contribution in [3.05, 3.63) is 41.2 Å². The van der Waals surface area contributed by atoms with E-state index in [1.165, 1.54) is 25.7 Å². The Hall–Kier alpha value is -1.65. The maximum Gasteiger partial charge on any atom is 0.159 e. The molecule has 1 fully saturated rings. The van der Waals surface area contributed by atoms with Crippen LogP contribution in [0.15, 0.2) is 30.5 Å². The van der Waals surface area contributed by atoms with E-state index in [-0.39, 0.29) is 0 Å². The highest BCUT2D eigenvalue weighted by atomic mass is 35.5. The fourth-order valence-corrected chi connectivity index (χ4v) is 3.21. The van der Waals surface area contributed by atoms with Gasteiger partial charge in [0.05, 0.1) is 17.6 Å². The molecule has 0 radical (unpaired) electrons. The summed E-state index contributed by atoms with van der Waals surface area (Å²) in [6.07, 6.45) is 6.83. The Kier molecular flexibility index (Phi) is 4.90. The zero-order chi connectivity index (χ0) is 15.4. The van der Waals surface area contributed by atoms with Crippen LogP contribution in [0.2, 0.25) is 5.02 Å². The molecule has 0 atom stereocenters. The second-order valence-electron chi connectivity index (χ2n) is 5.70. The maximum absolute atomic E-state index is 6.08. The highest BCUT2D eigenvalue weighted by molar-refractivity contribution is 6.30. The molecular formula is C17H21ClN4. The van der Waals surface area contributed by atoms with Crippen LogP contribution in [-0.2, 0) is 0 Å². The first kappa shape index (κ1) is 15.3. The number of nitrogens with two attached hydrogens (primary N) is 1. The van der Waals surface area contributed by atoms with Gasteiger partial charge in [0.15, 0.2) is 5.82 Å². The molecule has 0 aliphatic heterocycles. The first-order valence-corrected chi connectivity index (χ1v) is 8.22. The Labute approximate surface area is 136 Å². The molecule has 1 heterocycles. The van der Waals surface area contributed by atoms with Gasteiger partial charge in [-0.15, -0.1) is 0 Å². The van der Waals surface area contributed by atoms with Crippen molar-refractivity contribution < 1.29 is 0 Å². The third-order valence-electron chi connectivity index (χ3n) is 4.10. The van der Waals surface area contributed by atoms with Crippen LogP contribution in [0.1, 0.15) is 37.3 Å². The molecule has 0 saturated heterocycles. The Balaban J connectivity index is 1.97. The number of aromatic nitrogens is 2. The summed E-state index contributed by atoms with van der Waals surface area (Å²) in [5.41, 5.74) is 8.69. The summed E-state index contributed by atoms with van der Waals surface area (Å²) in [5.74, 6) is 1.25. The van der Waals surface area contributed by atoms with E-state index in [1.807, 2.05) is 30.5 Å². The Morgan fingerprint density at radius 1 is 1.27 bits per heavy atom. The van der Waals surface area contributed by atoms with Gasteiger partial charge in [0, 0.05) is 29.6 Å². The molecule has 1 saturated carbocycles. The van der Waals surface area contributed by atoms with Gasteiger partial charge in [0.2, 0.25) is 0 Å². The summed E-state index contributed by atoms with van der Waals surface area (Å²) in [6.45, 7) is 1.33. The summed E-state index contributed by atoms with van der Waals surface area (Å²) < 4.78 is 0. The van der Waals surface area contributed by atoms with E-state index in [0.29, 0.717) is 17.5 Å². The van der Waals surface area contributed by atoms with Gasteiger partial charge in [0.1, 0.15) is 0 Å². The second-order valence-corrected chi connectivity index (χ2v) is 6.14. The fraction of sp³-hybridized carbons (Fsp3) is 0.412. The van der Waals surface area contributed by atoms with Gasteiger partial charge in [-0.25, -0.2) is 9.97 Å². The zero-order valence-electron chi connectivity index (χ0n) is 12.6. The van der Waals surface area contributed by atoms with E-state index in [1.54, 1.807) is 0 Å². The lowest BCUT2D eigenvalue weighted by atomic mass is 10.0. The van der Waals surface area contributed by atoms with Crippen molar-refractivity contribution in [3.8, 4) is 11.4 Å². The van der Waals surface area contributed by atoms with Gasteiger partial charge >= 0.3 is 0 Å². The van der Waals surface area contributed by atoms with E-state index < -0.39 is 0 Å². The van der Waals surface area contributed by atoms with Crippen LogP contribution in [0.5, 0.6) is 0 Å². The van der Waals surface area contributed by atoms with Crippen LogP contribution in [0.3, 0.4) is 0 Å². The van der Waals surface area contributed by atoms with Crippen molar-refractivity contribution in [2.24, 2.45) is 5.73 Å². The first-order chi connectivity index (χ1) is 10.8. The third-order valence-corrected chi connectivity index (χ3v) is 4.34. The van der Waals surface area contributed by atoms with Crippen molar-refractivity contribution in [2.75, 3.05) is 18.4 Å². The van der Waals surface area contributed by atoms with E-state index in [9.17, 15) is 0 Å². The quantitative estimate of drug-likeness (QED) is 0.880. The average Bonchev–Trinajstić information content (AvgIpc) is 3.07. The molecule has 1 aromatic heterocycles. The van der Waals surface area contributed by atoms with Crippen LogP contribution in [0.25, 0.3) is 11.4 Å². The molecule has 3 N–H and O–H groups in total. The number of nitrogens with one attached hydrogen (secondary N) is 1. The molecule has 1 aromatic carbocycles. The minimum absolute atomic E-state index is 0.515. The molecule has 1 aliphatic rings. The first-order valence-electron chi connectivity index (χ1n) is 7.85. The summed E-state index contributed by atoms with van der Waals surface area (Å²) in [6, 6.07) is 7.69. The average molecular weight is 317 g/mol. The van der Waals surface area contributed by atoms with Crippen molar-refractivity contribution in [1.82, 2.24) is 9.97 Å². The van der Waals surface area contributed by atoms with Gasteiger partial charge in [-0.2, -0.15) is 0 Å². The lowest BCUT2D eigenvalue weighted by Crippen LogP contribution is -2.16. The minimum Gasteiger partial charge on any atom is -0.381 e. The summed E-state index contributed by atoms with van der Waals surface area (Å²) in [7, 11) is 0. The smallest absolute Gasteiger partial charge is 0.159 e. The zero-order valence-corrected chi connectivity index (χ0v) is 13.3. The number of hydrogen-bond acceptors (Lipinski definition) is 4. The summed E-state index contributed by atoms with van der Waals surface area (Å²) in [4.78, 5) is 9.35. The molecule has 0 bridgehead atoms. The molecule has 0 unspecified atom stereocenters. The molecular weight excluding hydrogens is 296 g/mol. The lowest BCUT2D eigenvalue weighted by Gasteiger charge is -2.16. The number of halogens is 1. The number of rotatable bonds is 5. The van der Waals surface area contributed by atoms with Crippen molar-refractivity contribution in [3.63, 3.8) is 0 Å². The number of nitrogens with zero attached hydrogens (tertiary/aromatic N) is 2. The third kappa shape index (κ3) is 3.39. The van der Waals surface area contributed by atoms with Gasteiger partial charge < -0.3 is 11.1 Å². The highest BCUT2D eigenvalue weighted by Gasteiger charge is 2.22. The standard InChI is InChI=1S/C17H21ClN4/c18-14-7-3-6-13(10-14)17-21-11-15(20-9-8-19)16(22-17)12-4-1-2-5-12/h3,6-7,10-12,20H,1-2,4-5,8-9,19H2. The summed E-state index contributed by atoms with van der Waals surface area (Å²) in [5, 5.41) is 4.06. The van der Waals surface area contributed by atoms with E-state index >= 15 is 0 Å². The molecule has 116 valence electrons. The van der Waals surface area contributed by atoms with Crippen LogP contribution in [-0.4, -0.2) is 23.1 Å². The maximum atomic E-state index is 6.08. The predicted molar refractivity (Wildman–Crippen MR) is 91.2 cm³/mol. The molecule has 0 spiro atoms. The molecule has 1 aliphatic carbocycles. The van der Waals surface area contributed by atoms with E-state index in [4.69, 9.17) is 22.3 Å². The number of benzene rings is 1. The van der Waals surface area contributed by atoms with Gasteiger partial charge in [0.25, 0.3) is 0 Å². The van der Waals surface area contributed by atoms with Gasteiger partial charge in [-0.05, 0) is 25.0 Å². The van der Waals surface area contributed by atoms with Gasteiger partial charge in [-0.3, -0.25) is 0 Å². The van der Waals surface area contributed by atoms with Gasteiger partial charge in [-0.1, -0.05) is 36.6 Å². The van der Waals surface area contributed by atoms with E-state index in [0.717, 1.165) is 29.3 Å². The minimum atomic E-state index is 0.515. The monoisotopic (exact) mass is 316 g/mol. The SMILES string of the molecule is NCCNc1cnc(-c2cccc(Cl)c2)nc1C1CCCC1. The normalized spacial score (nSPS) is 15.2. The summed E-state index contributed by atoms with van der Waals surface area (Å²) >= 11 is 6.08. The van der Waals surface area contributed by atoms with Crippen LogP contribution >= 0.6 is 11.6 Å². The largest absolute Gasteiger partial charge is 0.381 e. The van der Waals surface area contributed by atoms with Crippen LogP contribution in [0.4, 0.5) is 5.69 Å². The molecule has 22 heavy (non-hydrogen) atoms. The fourth-order valence-electron chi connectivity index (χ4n) is 3.02. The molecule has 5 heteroatoms. The second kappa shape index (κ2) is 7.07. The van der Waals surface area contributed by atoms with Crippen molar-refractivity contribution >= 4 is 17.3 Å². The Bertz CT molecular complexity index is 638. The van der Waals surface area contributed by atoms with E-state index in [2.05, 4.69) is 10.3 Å². The molecule has 0 amide bonds. The number of hydrogen-bond donors (Lipinski definition) is 2.